The number of carbonyl (C=O) groups excluding carboxylic acids is 1. The predicted octanol–water partition coefficient (Wildman–Crippen LogP) is 6.98. The van der Waals surface area contributed by atoms with Crippen LogP contribution in [0.4, 0.5) is 5.69 Å². The molecule has 0 radical (unpaired) electrons. The number of amides is 1. The Morgan fingerprint density at radius 2 is 1.62 bits per heavy atom. The maximum atomic E-state index is 12.6. The Bertz CT molecular complexity index is 1290. The summed E-state index contributed by atoms with van der Waals surface area (Å²) in [6.45, 7) is 12.5. The van der Waals surface area contributed by atoms with Crippen molar-refractivity contribution >= 4 is 50.5 Å². The van der Waals surface area contributed by atoms with Crippen LogP contribution in [0.15, 0.2) is 50.8 Å². The van der Waals surface area contributed by atoms with Gasteiger partial charge in [0.25, 0.3) is 5.91 Å². The van der Waals surface area contributed by atoms with E-state index in [-0.39, 0.29) is 5.91 Å². The third-order valence-corrected chi connectivity index (χ3v) is 7.97. The molecule has 1 saturated heterocycles. The van der Waals surface area contributed by atoms with Crippen molar-refractivity contribution in [3.8, 4) is 5.69 Å². The Balaban J connectivity index is 1.65. The first-order valence-electron chi connectivity index (χ1n) is 10.5. The van der Waals surface area contributed by atoms with Gasteiger partial charge in [-0.2, -0.15) is 0 Å². The number of aliphatic imine (C=N–C) groups is 1. The molecule has 1 N–H and O–H groups in total. The topological polar surface area (TPSA) is 46.4 Å². The molecule has 1 amide bonds. The number of aryl methyl sites for hydroxylation is 5. The number of hydrogen-bond acceptors (Lipinski definition) is 3. The van der Waals surface area contributed by atoms with Gasteiger partial charge < -0.3 is 9.88 Å². The SMILES string of the molecule is Cc1ccc(-n2c(C)cc(/C=C3\SC(=Nc4cc(C)c(Br)c(C)c4)NC3=O)c2C)cc1C. The van der Waals surface area contributed by atoms with Gasteiger partial charge in [0.2, 0.25) is 0 Å². The molecule has 1 fully saturated rings. The van der Waals surface area contributed by atoms with E-state index in [2.05, 4.69) is 82.8 Å². The largest absolute Gasteiger partial charge is 0.318 e. The molecule has 3 aromatic rings. The molecule has 1 aliphatic rings. The third kappa shape index (κ3) is 4.34. The molecule has 0 bridgehead atoms. The standard InChI is InChI=1S/C26H26BrN3OS/c1-14-7-8-22(11-15(14)2)30-18(5)12-20(19(30)6)13-23-25(31)29-26(32-23)28-21-9-16(3)24(27)17(4)10-21/h7-13H,1-6H3,(H,28,29,31)/b23-13-. The van der Waals surface area contributed by atoms with Gasteiger partial charge in [0.1, 0.15) is 0 Å². The van der Waals surface area contributed by atoms with Gasteiger partial charge in [0, 0.05) is 21.5 Å². The molecule has 4 rings (SSSR count). The van der Waals surface area contributed by atoms with Crippen molar-refractivity contribution in [2.45, 2.75) is 41.5 Å². The van der Waals surface area contributed by atoms with Gasteiger partial charge in [-0.05, 0) is 118 Å². The number of nitrogens with one attached hydrogen (secondary N) is 1. The lowest BCUT2D eigenvalue weighted by atomic mass is 10.1. The molecule has 0 spiro atoms. The van der Waals surface area contributed by atoms with E-state index in [1.54, 1.807) is 0 Å². The second-order valence-corrected chi connectivity index (χ2v) is 10.1. The van der Waals surface area contributed by atoms with Crippen molar-refractivity contribution in [2.75, 3.05) is 0 Å². The molecule has 4 nitrogen and oxygen atoms in total. The molecule has 0 unspecified atom stereocenters. The molecule has 32 heavy (non-hydrogen) atoms. The average molecular weight is 508 g/mol. The zero-order valence-corrected chi connectivity index (χ0v) is 21.5. The van der Waals surface area contributed by atoms with Crippen LogP contribution in [0.25, 0.3) is 11.8 Å². The van der Waals surface area contributed by atoms with Crippen LogP contribution in [-0.2, 0) is 4.79 Å². The summed E-state index contributed by atoms with van der Waals surface area (Å²) in [7, 11) is 0. The number of nitrogens with zero attached hydrogens (tertiary/aromatic N) is 2. The Morgan fingerprint density at radius 3 is 2.28 bits per heavy atom. The Labute approximate surface area is 202 Å². The maximum absolute atomic E-state index is 12.6. The Morgan fingerprint density at radius 1 is 0.938 bits per heavy atom. The molecule has 0 atom stereocenters. The van der Waals surface area contributed by atoms with Crippen LogP contribution in [0, 0.1) is 41.5 Å². The number of carbonyl (C=O) groups is 1. The quantitative estimate of drug-likeness (QED) is 0.388. The zero-order chi connectivity index (χ0) is 23.2. The van der Waals surface area contributed by atoms with Crippen LogP contribution in [0.3, 0.4) is 0 Å². The van der Waals surface area contributed by atoms with Crippen LogP contribution in [-0.4, -0.2) is 15.6 Å². The van der Waals surface area contributed by atoms with E-state index in [4.69, 9.17) is 0 Å². The summed E-state index contributed by atoms with van der Waals surface area (Å²) in [4.78, 5) is 17.9. The summed E-state index contributed by atoms with van der Waals surface area (Å²) in [6.07, 6.45) is 1.96. The van der Waals surface area contributed by atoms with Crippen LogP contribution in [0.5, 0.6) is 0 Å². The molecule has 0 saturated carbocycles. The fourth-order valence-corrected chi connectivity index (χ4v) is 4.98. The summed E-state index contributed by atoms with van der Waals surface area (Å²) in [6, 6.07) is 12.6. The van der Waals surface area contributed by atoms with E-state index in [0.29, 0.717) is 10.1 Å². The van der Waals surface area contributed by atoms with Crippen LogP contribution < -0.4 is 5.32 Å². The van der Waals surface area contributed by atoms with Crippen molar-refractivity contribution in [1.82, 2.24) is 9.88 Å². The lowest BCUT2D eigenvalue weighted by Crippen LogP contribution is -2.19. The van der Waals surface area contributed by atoms with Crippen molar-refractivity contribution in [1.29, 1.82) is 0 Å². The summed E-state index contributed by atoms with van der Waals surface area (Å²) >= 11 is 4.96. The minimum Gasteiger partial charge on any atom is -0.318 e. The van der Waals surface area contributed by atoms with Crippen molar-refractivity contribution in [3.63, 3.8) is 0 Å². The first-order chi connectivity index (χ1) is 15.1. The maximum Gasteiger partial charge on any atom is 0.264 e. The molecule has 0 aliphatic carbocycles. The molecule has 6 heteroatoms. The van der Waals surface area contributed by atoms with Gasteiger partial charge in [-0.3, -0.25) is 4.79 Å². The number of amidine groups is 1. The highest BCUT2D eigenvalue weighted by Gasteiger charge is 2.25. The van der Waals surface area contributed by atoms with Crippen molar-refractivity contribution in [3.05, 3.63) is 85.0 Å². The van der Waals surface area contributed by atoms with E-state index < -0.39 is 0 Å². The second kappa shape index (κ2) is 8.75. The van der Waals surface area contributed by atoms with Crippen molar-refractivity contribution < 1.29 is 4.79 Å². The van der Waals surface area contributed by atoms with Crippen LogP contribution in [0.2, 0.25) is 0 Å². The van der Waals surface area contributed by atoms with E-state index >= 15 is 0 Å². The lowest BCUT2D eigenvalue weighted by Gasteiger charge is -2.11. The van der Waals surface area contributed by atoms with Gasteiger partial charge in [0.05, 0.1) is 10.6 Å². The molecule has 1 aliphatic heterocycles. The molecule has 1 aromatic heterocycles. The van der Waals surface area contributed by atoms with E-state index in [1.807, 2.05) is 32.1 Å². The third-order valence-electron chi connectivity index (χ3n) is 5.81. The number of aromatic nitrogens is 1. The fourth-order valence-electron chi connectivity index (χ4n) is 3.92. The number of thioether (sulfide) groups is 1. The van der Waals surface area contributed by atoms with E-state index in [0.717, 1.165) is 43.9 Å². The van der Waals surface area contributed by atoms with E-state index in [1.165, 1.54) is 22.9 Å². The number of rotatable bonds is 3. The molecular formula is C26H26BrN3OS. The number of hydrogen-bond donors (Lipinski definition) is 1. The summed E-state index contributed by atoms with van der Waals surface area (Å²) in [5.74, 6) is -0.115. The molecule has 164 valence electrons. The highest BCUT2D eigenvalue weighted by molar-refractivity contribution is 9.10. The first kappa shape index (κ1) is 22.6. The molecule has 2 aromatic carbocycles. The molecular weight excluding hydrogens is 482 g/mol. The van der Waals surface area contributed by atoms with Gasteiger partial charge >= 0.3 is 0 Å². The monoisotopic (exact) mass is 507 g/mol. The highest BCUT2D eigenvalue weighted by Crippen LogP contribution is 2.32. The predicted molar refractivity (Wildman–Crippen MR) is 139 cm³/mol. The summed E-state index contributed by atoms with van der Waals surface area (Å²) in [5.41, 5.74) is 10.0. The average Bonchev–Trinajstić information content (AvgIpc) is 3.20. The zero-order valence-electron chi connectivity index (χ0n) is 19.1. The first-order valence-corrected chi connectivity index (χ1v) is 12.1. The van der Waals surface area contributed by atoms with Crippen LogP contribution >= 0.6 is 27.7 Å². The molecule has 2 heterocycles. The lowest BCUT2D eigenvalue weighted by molar-refractivity contribution is -0.115. The smallest absolute Gasteiger partial charge is 0.264 e. The van der Waals surface area contributed by atoms with E-state index in [9.17, 15) is 4.79 Å². The summed E-state index contributed by atoms with van der Waals surface area (Å²) in [5, 5.41) is 3.50. The number of benzene rings is 2. The Kier molecular flexibility index (Phi) is 6.19. The summed E-state index contributed by atoms with van der Waals surface area (Å²) < 4.78 is 3.32. The van der Waals surface area contributed by atoms with Gasteiger partial charge in [-0.15, -0.1) is 0 Å². The second-order valence-electron chi connectivity index (χ2n) is 8.31. The van der Waals surface area contributed by atoms with Gasteiger partial charge in [-0.25, -0.2) is 4.99 Å². The van der Waals surface area contributed by atoms with Crippen LogP contribution in [0.1, 0.15) is 39.2 Å². The fraction of sp³-hybridized carbons (Fsp3) is 0.231. The van der Waals surface area contributed by atoms with Gasteiger partial charge in [0.15, 0.2) is 5.17 Å². The van der Waals surface area contributed by atoms with Gasteiger partial charge in [-0.1, -0.05) is 22.0 Å². The minimum atomic E-state index is -0.115. The highest BCUT2D eigenvalue weighted by atomic mass is 79.9. The normalized spacial score (nSPS) is 16.3. The number of halogens is 1. The minimum absolute atomic E-state index is 0.115. The Hall–Kier alpha value is -2.57. The van der Waals surface area contributed by atoms with Crippen molar-refractivity contribution in [2.24, 2.45) is 4.99 Å².